The summed E-state index contributed by atoms with van der Waals surface area (Å²) in [6.45, 7) is 7.32. The molecule has 0 radical (unpaired) electrons. The number of methoxy groups -OCH3 is 1. The predicted molar refractivity (Wildman–Crippen MR) is 65.7 cm³/mol. The first-order valence-corrected chi connectivity index (χ1v) is 6.29. The van der Waals surface area contributed by atoms with E-state index in [2.05, 4.69) is 6.92 Å². The Balaban J connectivity index is 2.71. The Bertz CT molecular complexity index is 268. The molecule has 94 valence electrons. The summed E-state index contributed by atoms with van der Waals surface area (Å²) in [5.41, 5.74) is -0.677. The van der Waals surface area contributed by atoms with Crippen molar-refractivity contribution >= 4 is 17.5 Å². The molecular formula is C12H22ClNO2. The van der Waals surface area contributed by atoms with E-state index in [4.69, 9.17) is 16.3 Å². The summed E-state index contributed by atoms with van der Waals surface area (Å²) in [5.74, 6) is 0.483. The van der Waals surface area contributed by atoms with Gasteiger partial charge in [0.25, 0.3) is 0 Å². The fraction of sp³-hybridized carbons (Fsp3) is 0.917. The number of ether oxygens (including phenoxy) is 1. The SMILES string of the molecule is COC1(C)CCCN(C(=O)C(C)(C)CCl)C1. The van der Waals surface area contributed by atoms with Gasteiger partial charge in [-0.05, 0) is 33.6 Å². The number of nitrogens with zero attached hydrogens (tertiary/aromatic N) is 1. The minimum absolute atomic E-state index is 0.130. The third-order valence-electron chi connectivity index (χ3n) is 3.35. The number of carbonyl (C=O) groups is 1. The Morgan fingerprint density at radius 3 is 2.69 bits per heavy atom. The molecule has 0 N–H and O–H groups in total. The Labute approximate surface area is 103 Å². The Morgan fingerprint density at radius 2 is 2.19 bits per heavy atom. The summed E-state index contributed by atoms with van der Waals surface area (Å²) < 4.78 is 5.48. The van der Waals surface area contributed by atoms with Crippen molar-refractivity contribution in [3.63, 3.8) is 0 Å². The van der Waals surface area contributed by atoms with E-state index in [1.165, 1.54) is 0 Å². The van der Waals surface area contributed by atoms with E-state index in [0.29, 0.717) is 12.4 Å². The van der Waals surface area contributed by atoms with E-state index in [1.54, 1.807) is 7.11 Å². The first kappa shape index (κ1) is 13.8. The van der Waals surface area contributed by atoms with Crippen molar-refractivity contribution in [2.45, 2.75) is 39.2 Å². The van der Waals surface area contributed by atoms with Crippen LogP contribution in [0.1, 0.15) is 33.6 Å². The molecule has 0 aromatic heterocycles. The minimum Gasteiger partial charge on any atom is -0.377 e. The Morgan fingerprint density at radius 1 is 1.56 bits per heavy atom. The van der Waals surface area contributed by atoms with Gasteiger partial charge in [0, 0.05) is 26.1 Å². The molecule has 3 nitrogen and oxygen atoms in total. The van der Waals surface area contributed by atoms with Gasteiger partial charge in [-0.2, -0.15) is 0 Å². The molecule has 1 amide bonds. The van der Waals surface area contributed by atoms with E-state index < -0.39 is 5.41 Å². The van der Waals surface area contributed by atoms with Crippen LogP contribution in [0, 0.1) is 5.41 Å². The summed E-state index contributed by atoms with van der Waals surface area (Å²) in [6, 6.07) is 0. The zero-order valence-corrected chi connectivity index (χ0v) is 11.4. The summed E-state index contributed by atoms with van der Waals surface area (Å²) in [6.07, 6.45) is 2.00. The molecule has 1 aliphatic rings. The van der Waals surface area contributed by atoms with E-state index >= 15 is 0 Å². The highest BCUT2D eigenvalue weighted by Crippen LogP contribution is 2.28. The quantitative estimate of drug-likeness (QED) is 0.716. The average Bonchev–Trinajstić information content (AvgIpc) is 2.28. The molecule has 0 spiro atoms. The van der Waals surface area contributed by atoms with Crippen LogP contribution >= 0.6 is 11.6 Å². The number of hydrogen-bond acceptors (Lipinski definition) is 2. The van der Waals surface area contributed by atoms with Crippen LogP contribution in [0.15, 0.2) is 0 Å². The molecule has 0 aromatic rings. The molecule has 1 fully saturated rings. The Hall–Kier alpha value is -0.280. The minimum atomic E-state index is -0.479. The molecule has 1 rings (SSSR count). The van der Waals surface area contributed by atoms with E-state index in [-0.39, 0.29) is 11.5 Å². The van der Waals surface area contributed by atoms with Crippen molar-refractivity contribution in [2.75, 3.05) is 26.1 Å². The van der Waals surface area contributed by atoms with Gasteiger partial charge in [-0.15, -0.1) is 11.6 Å². The largest absolute Gasteiger partial charge is 0.377 e. The third kappa shape index (κ3) is 2.89. The van der Waals surface area contributed by atoms with Gasteiger partial charge in [0.1, 0.15) is 0 Å². The topological polar surface area (TPSA) is 29.5 Å². The van der Waals surface area contributed by atoms with E-state index in [1.807, 2.05) is 18.7 Å². The van der Waals surface area contributed by atoms with Crippen LogP contribution in [0.25, 0.3) is 0 Å². The van der Waals surface area contributed by atoms with Crippen LogP contribution in [0.3, 0.4) is 0 Å². The van der Waals surface area contributed by atoms with Gasteiger partial charge in [-0.25, -0.2) is 0 Å². The molecule has 1 saturated heterocycles. The molecule has 1 aliphatic heterocycles. The number of piperidine rings is 1. The maximum atomic E-state index is 12.2. The summed E-state index contributed by atoms with van der Waals surface area (Å²) in [5, 5.41) is 0. The highest BCUT2D eigenvalue weighted by molar-refractivity contribution is 6.19. The van der Waals surface area contributed by atoms with E-state index in [9.17, 15) is 4.79 Å². The van der Waals surface area contributed by atoms with Crippen LogP contribution in [0.4, 0.5) is 0 Å². The molecule has 1 heterocycles. The second-order valence-electron chi connectivity index (χ2n) is 5.50. The molecule has 0 saturated carbocycles. The smallest absolute Gasteiger partial charge is 0.229 e. The fourth-order valence-corrected chi connectivity index (χ4v) is 2.15. The zero-order chi connectivity index (χ0) is 12.4. The van der Waals surface area contributed by atoms with Crippen molar-refractivity contribution in [1.29, 1.82) is 0 Å². The maximum absolute atomic E-state index is 12.2. The molecular weight excluding hydrogens is 226 g/mol. The van der Waals surface area contributed by atoms with Gasteiger partial charge in [0.2, 0.25) is 5.91 Å². The van der Waals surface area contributed by atoms with Crippen molar-refractivity contribution in [1.82, 2.24) is 4.90 Å². The standard InChI is InChI=1S/C12H22ClNO2/c1-11(2,8-13)10(15)14-7-5-6-12(3,9-14)16-4/h5-9H2,1-4H3. The average molecular weight is 248 g/mol. The number of halogens is 1. The van der Waals surface area contributed by atoms with Crippen LogP contribution in [-0.4, -0.2) is 42.5 Å². The fourth-order valence-electron chi connectivity index (χ4n) is 2.03. The summed E-state index contributed by atoms with van der Waals surface area (Å²) in [7, 11) is 1.71. The van der Waals surface area contributed by atoms with Crippen molar-refractivity contribution in [3.8, 4) is 0 Å². The summed E-state index contributed by atoms with van der Waals surface area (Å²) in [4.78, 5) is 14.1. The van der Waals surface area contributed by atoms with Gasteiger partial charge >= 0.3 is 0 Å². The van der Waals surface area contributed by atoms with Gasteiger partial charge < -0.3 is 9.64 Å². The lowest BCUT2D eigenvalue weighted by Gasteiger charge is -2.42. The molecule has 0 bridgehead atoms. The number of carbonyl (C=O) groups excluding carboxylic acids is 1. The zero-order valence-electron chi connectivity index (χ0n) is 10.7. The lowest BCUT2D eigenvalue weighted by Crippen LogP contribution is -2.53. The number of alkyl halides is 1. The van der Waals surface area contributed by atoms with Crippen molar-refractivity contribution in [2.24, 2.45) is 5.41 Å². The second-order valence-corrected chi connectivity index (χ2v) is 5.77. The van der Waals surface area contributed by atoms with Gasteiger partial charge in [-0.3, -0.25) is 4.79 Å². The molecule has 0 aromatic carbocycles. The second kappa shape index (κ2) is 4.92. The number of rotatable bonds is 3. The van der Waals surface area contributed by atoms with Crippen LogP contribution < -0.4 is 0 Å². The highest BCUT2D eigenvalue weighted by Gasteiger charge is 2.38. The molecule has 4 heteroatoms. The summed E-state index contributed by atoms with van der Waals surface area (Å²) >= 11 is 5.83. The first-order valence-electron chi connectivity index (χ1n) is 5.75. The molecule has 16 heavy (non-hydrogen) atoms. The molecule has 1 unspecified atom stereocenters. The van der Waals surface area contributed by atoms with Crippen LogP contribution in [0.2, 0.25) is 0 Å². The van der Waals surface area contributed by atoms with Crippen molar-refractivity contribution < 1.29 is 9.53 Å². The van der Waals surface area contributed by atoms with Gasteiger partial charge in [-0.1, -0.05) is 0 Å². The van der Waals surface area contributed by atoms with E-state index in [0.717, 1.165) is 19.4 Å². The lowest BCUT2D eigenvalue weighted by atomic mass is 9.89. The first-order chi connectivity index (χ1) is 7.34. The third-order valence-corrected chi connectivity index (χ3v) is 4.02. The molecule has 1 atom stereocenters. The predicted octanol–water partition coefficient (Wildman–Crippen LogP) is 2.28. The Kier molecular flexibility index (Phi) is 4.24. The molecule has 0 aliphatic carbocycles. The normalized spacial score (nSPS) is 26.9. The van der Waals surface area contributed by atoms with Gasteiger partial charge in [0.15, 0.2) is 0 Å². The van der Waals surface area contributed by atoms with Crippen LogP contribution in [0.5, 0.6) is 0 Å². The van der Waals surface area contributed by atoms with Crippen LogP contribution in [-0.2, 0) is 9.53 Å². The monoisotopic (exact) mass is 247 g/mol. The number of amides is 1. The number of hydrogen-bond donors (Lipinski definition) is 0. The maximum Gasteiger partial charge on any atom is 0.229 e. The highest BCUT2D eigenvalue weighted by atomic mass is 35.5. The van der Waals surface area contributed by atoms with Gasteiger partial charge in [0.05, 0.1) is 11.0 Å². The number of likely N-dealkylation sites (tertiary alicyclic amines) is 1. The van der Waals surface area contributed by atoms with Crippen molar-refractivity contribution in [3.05, 3.63) is 0 Å². The lowest BCUT2D eigenvalue weighted by molar-refractivity contribution is -0.147.